The Morgan fingerprint density at radius 3 is 2.65 bits per heavy atom. The van der Waals surface area contributed by atoms with Crippen LogP contribution < -0.4 is 0 Å². The molecule has 0 radical (unpaired) electrons. The van der Waals surface area contributed by atoms with Crippen LogP contribution in [0.5, 0.6) is 0 Å². The third kappa shape index (κ3) is 7.02. The van der Waals surface area contributed by atoms with Crippen molar-refractivity contribution >= 4 is 17.7 Å². The lowest BCUT2D eigenvalue weighted by Crippen LogP contribution is -2.24. The van der Waals surface area contributed by atoms with Gasteiger partial charge in [-0.05, 0) is 12.6 Å². The third-order valence-corrected chi connectivity index (χ3v) is 3.44. The fourth-order valence-corrected chi connectivity index (χ4v) is 2.40. The SMILES string of the molecule is CN(CCSCc1ccccc1)CCC(=O)O. The van der Waals surface area contributed by atoms with Crippen LogP contribution in [0, 0.1) is 0 Å². The quantitative estimate of drug-likeness (QED) is 0.722. The van der Waals surface area contributed by atoms with E-state index in [4.69, 9.17) is 5.11 Å². The molecule has 0 unspecified atom stereocenters. The summed E-state index contributed by atoms with van der Waals surface area (Å²) in [5.41, 5.74) is 1.34. The second-order valence-corrected chi connectivity index (χ2v) is 5.09. The van der Waals surface area contributed by atoms with Crippen molar-refractivity contribution in [1.82, 2.24) is 4.90 Å². The number of benzene rings is 1. The summed E-state index contributed by atoms with van der Waals surface area (Å²) in [7, 11) is 1.96. The summed E-state index contributed by atoms with van der Waals surface area (Å²) in [6.45, 7) is 1.56. The molecule has 0 saturated carbocycles. The van der Waals surface area contributed by atoms with E-state index in [0.29, 0.717) is 6.54 Å². The van der Waals surface area contributed by atoms with E-state index in [1.807, 2.05) is 24.9 Å². The van der Waals surface area contributed by atoms with Crippen molar-refractivity contribution in [3.63, 3.8) is 0 Å². The zero-order valence-corrected chi connectivity index (χ0v) is 10.9. The molecule has 1 rings (SSSR count). The molecule has 1 aromatic rings. The first-order chi connectivity index (χ1) is 8.18. The molecule has 1 aromatic carbocycles. The van der Waals surface area contributed by atoms with Crippen molar-refractivity contribution in [2.75, 3.05) is 25.9 Å². The van der Waals surface area contributed by atoms with E-state index in [2.05, 4.69) is 29.2 Å². The highest BCUT2D eigenvalue weighted by atomic mass is 32.2. The lowest BCUT2D eigenvalue weighted by Gasteiger charge is -2.14. The van der Waals surface area contributed by atoms with Gasteiger partial charge in [0.25, 0.3) is 0 Å². The first kappa shape index (κ1) is 14.1. The van der Waals surface area contributed by atoms with Crippen molar-refractivity contribution in [2.24, 2.45) is 0 Å². The number of thioether (sulfide) groups is 1. The molecular formula is C13H19NO2S. The molecule has 4 heteroatoms. The predicted octanol–water partition coefficient (Wildman–Crippen LogP) is 2.33. The van der Waals surface area contributed by atoms with Gasteiger partial charge in [0.2, 0.25) is 0 Å². The van der Waals surface area contributed by atoms with Gasteiger partial charge >= 0.3 is 5.97 Å². The summed E-state index contributed by atoms with van der Waals surface area (Å²) in [6.07, 6.45) is 0.222. The number of nitrogens with zero attached hydrogens (tertiary/aromatic N) is 1. The van der Waals surface area contributed by atoms with Crippen molar-refractivity contribution in [1.29, 1.82) is 0 Å². The highest BCUT2D eigenvalue weighted by Crippen LogP contribution is 2.11. The van der Waals surface area contributed by atoms with Crippen LogP contribution in [0.1, 0.15) is 12.0 Å². The first-order valence-electron chi connectivity index (χ1n) is 5.70. The standard InChI is InChI=1S/C13H19NO2S/c1-14(8-7-13(15)16)9-10-17-11-12-5-3-2-4-6-12/h2-6H,7-11H2,1H3,(H,15,16). The molecule has 0 aliphatic heterocycles. The normalized spacial score (nSPS) is 10.7. The fraction of sp³-hybridized carbons (Fsp3) is 0.462. The average molecular weight is 253 g/mol. The Hall–Kier alpha value is -1.00. The molecule has 0 bridgehead atoms. The summed E-state index contributed by atoms with van der Waals surface area (Å²) in [6, 6.07) is 10.4. The van der Waals surface area contributed by atoms with Gasteiger partial charge in [-0.1, -0.05) is 30.3 Å². The van der Waals surface area contributed by atoms with E-state index in [1.165, 1.54) is 5.56 Å². The molecule has 0 spiro atoms. The summed E-state index contributed by atoms with van der Waals surface area (Å²) in [4.78, 5) is 12.4. The molecule has 0 amide bonds. The maximum Gasteiger partial charge on any atom is 0.304 e. The Balaban J connectivity index is 2.06. The van der Waals surface area contributed by atoms with Crippen LogP contribution in [0.15, 0.2) is 30.3 Å². The van der Waals surface area contributed by atoms with Gasteiger partial charge in [0, 0.05) is 24.6 Å². The van der Waals surface area contributed by atoms with Gasteiger partial charge in [-0.2, -0.15) is 11.8 Å². The highest BCUT2D eigenvalue weighted by Gasteiger charge is 2.02. The van der Waals surface area contributed by atoms with E-state index < -0.39 is 5.97 Å². The minimum absolute atomic E-state index is 0.222. The topological polar surface area (TPSA) is 40.5 Å². The molecule has 0 aliphatic carbocycles. The Labute approximate surface area is 107 Å². The predicted molar refractivity (Wildman–Crippen MR) is 72.4 cm³/mol. The number of carboxylic acids is 1. The van der Waals surface area contributed by atoms with Crippen LogP contribution in [0.4, 0.5) is 0 Å². The molecule has 3 nitrogen and oxygen atoms in total. The summed E-state index contributed by atoms with van der Waals surface area (Å²) >= 11 is 1.88. The highest BCUT2D eigenvalue weighted by molar-refractivity contribution is 7.98. The number of carbonyl (C=O) groups is 1. The van der Waals surface area contributed by atoms with Crippen LogP contribution in [0.2, 0.25) is 0 Å². The number of aliphatic carboxylic acids is 1. The molecule has 0 heterocycles. The van der Waals surface area contributed by atoms with E-state index in [1.54, 1.807) is 0 Å². The van der Waals surface area contributed by atoms with Crippen LogP contribution >= 0.6 is 11.8 Å². The minimum atomic E-state index is -0.728. The van der Waals surface area contributed by atoms with Gasteiger partial charge in [-0.3, -0.25) is 4.79 Å². The Bertz CT molecular complexity index is 329. The number of carboxylic acid groups (broad SMARTS) is 1. The van der Waals surface area contributed by atoms with Gasteiger partial charge in [-0.25, -0.2) is 0 Å². The maximum atomic E-state index is 10.4. The van der Waals surface area contributed by atoms with Gasteiger partial charge in [0.15, 0.2) is 0 Å². The smallest absolute Gasteiger partial charge is 0.304 e. The molecule has 0 atom stereocenters. The van der Waals surface area contributed by atoms with Crippen molar-refractivity contribution in [3.8, 4) is 0 Å². The Morgan fingerprint density at radius 1 is 1.29 bits per heavy atom. The van der Waals surface area contributed by atoms with Crippen LogP contribution in [-0.4, -0.2) is 41.9 Å². The molecule has 1 N–H and O–H groups in total. The zero-order valence-electron chi connectivity index (χ0n) is 10.1. The van der Waals surface area contributed by atoms with Gasteiger partial charge in [0.05, 0.1) is 6.42 Å². The first-order valence-corrected chi connectivity index (χ1v) is 6.86. The van der Waals surface area contributed by atoms with Crippen LogP contribution in [0.3, 0.4) is 0 Å². The number of rotatable bonds is 8. The lowest BCUT2D eigenvalue weighted by atomic mass is 10.2. The molecule has 0 aromatic heterocycles. The van der Waals surface area contributed by atoms with E-state index in [9.17, 15) is 4.79 Å². The Kier molecular flexibility index (Phi) is 6.74. The molecular weight excluding hydrogens is 234 g/mol. The molecule has 0 fully saturated rings. The number of hydrogen-bond acceptors (Lipinski definition) is 3. The molecule has 0 saturated heterocycles. The molecule has 17 heavy (non-hydrogen) atoms. The zero-order chi connectivity index (χ0) is 12.5. The fourth-order valence-electron chi connectivity index (χ4n) is 1.38. The molecule has 94 valence electrons. The maximum absolute atomic E-state index is 10.4. The minimum Gasteiger partial charge on any atom is -0.481 e. The van der Waals surface area contributed by atoms with E-state index in [-0.39, 0.29) is 6.42 Å². The third-order valence-electron chi connectivity index (χ3n) is 2.44. The van der Waals surface area contributed by atoms with E-state index >= 15 is 0 Å². The lowest BCUT2D eigenvalue weighted by molar-refractivity contribution is -0.137. The monoisotopic (exact) mass is 253 g/mol. The van der Waals surface area contributed by atoms with Crippen molar-refractivity contribution < 1.29 is 9.90 Å². The van der Waals surface area contributed by atoms with Crippen LogP contribution in [-0.2, 0) is 10.5 Å². The Morgan fingerprint density at radius 2 is 2.00 bits per heavy atom. The average Bonchev–Trinajstić information content (AvgIpc) is 2.33. The second-order valence-electron chi connectivity index (χ2n) is 3.99. The molecule has 0 aliphatic rings. The van der Waals surface area contributed by atoms with Gasteiger partial charge in [0.1, 0.15) is 0 Å². The summed E-state index contributed by atoms with van der Waals surface area (Å²) < 4.78 is 0. The largest absolute Gasteiger partial charge is 0.481 e. The van der Waals surface area contributed by atoms with Crippen molar-refractivity contribution in [2.45, 2.75) is 12.2 Å². The van der Waals surface area contributed by atoms with Crippen LogP contribution in [0.25, 0.3) is 0 Å². The summed E-state index contributed by atoms with van der Waals surface area (Å²) in [5, 5.41) is 8.55. The summed E-state index contributed by atoms with van der Waals surface area (Å²) in [5.74, 6) is 1.33. The number of hydrogen-bond donors (Lipinski definition) is 1. The van der Waals surface area contributed by atoms with E-state index in [0.717, 1.165) is 18.1 Å². The second kappa shape index (κ2) is 8.14. The van der Waals surface area contributed by atoms with Crippen molar-refractivity contribution in [3.05, 3.63) is 35.9 Å². The van der Waals surface area contributed by atoms with Gasteiger partial charge in [-0.15, -0.1) is 0 Å². The van der Waals surface area contributed by atoms with Gasteiger partial charge < -0.3 is 10.0 Å².